The molecule has 8 heteroatoms. The fourth-order valence-electron chi connectivity index (χ4n) is 2.65. The second-order valence-electron chi connectivity index (χ2n) is 7.78. The van der Waals surface area contributed by atoms with Crippen LogP contribution in [0.25, 0.3) is 0 Å². The number of methoxy groups -OCH3 is 1. The molecule has 0 spiro atoms. The van der Waals surface area contributed by atoms with Crippen LogP contribution in [0.2, 0.25) is 0 Å². The number of nitrogens with one attached hydrogen (secondary N) is 3. The van der Waals surface area contributed by atoms with Crippen molar-refractivity contribution in [2.75, 3.05) is 27.3 Å². The van der Waals surface area contributed by atoms with E-state index in [1.807, 2.05) is 69.3 Å². The van der Waals surface area contributed by atoms with Crippen LogP contribution in [0.5, 0.6) is 11.5 Å². The molecule has 0 aliphatic carbocycles. The van der Waals surface area contributed by atoms with Crippen molar-refractivity contribution in [3.63, 3.8) is 0 Å². The Balaban J connectivity index is 0.00000480. The zero-order chi connectivity index (χ0) is 22.0. The van der Waals surface area contributed by atoms with E-state index in [9.17, 15) is 4.79 Å². The maximum atomic E-state index is 12.3. The summed E-state index contributed by atoms with van der Waals surface area (Å²) < 4.78 is 10.8. The summed E-state index contributed by atoms with van der Waals surface area (Å²) in [5, 5.41) is 9.44. The Morgan fingerprint density at radius 3 is 2.32 bits per heavy atom. The van der Waals surface area contributed by atoms with Crippen LogP contribution in [0.1, 0.15) is 36.7 Å². The number of nitrogens with zero attached hydrogens (tertiary/aromatic N) is 1. The van der Waals surface area contributed by atoms with Crippen LogP contribution in [-0.4, -0.2) is 44.7 Å². The lowest BCUT2D eigenvalue weighted by molar-refractivity contribution is 0.0919. The van der Waals surface area contributed by atoms with E-state index in [2.05, 4.69) is 20.9 Å². The second-order valence-corrected chi connectivity index (χ2v) is 7.78. The molecule has 170 valence electrons. The first-order chi connectivity index (χ1) is 14.3. The van der Waals surface area contributed by atoms with Crippen LogP contribution in [0.3, 0.4) is 0 Å². The Kier molecular flexibility index (Phi) is 11.2. The van der Waals surface area contributed by atoms with Crippen molar-refractivity contribution in [1.29, 1.82) is 0 Å². The highest BCUT2D eigenvalue weighted by molar-refractivity contribution is 14.0. The summed E-state index contributed by atoms with van der Waals surface area (Å²) in [4.78, 5) is 16.6. The highest BCUT2D eigenvalue weighted by Crippen LogP contribution is 2.16. The number of benzene rings is 2. The molecule has 0 radical (unpaired) electrons. The molecule has 0 aliphatic rings. The predicted molar refractivity (Wildman–Crippen MR) is 136 cm³/mol. The molecule has 31 heavy (non-hydrogen) atoms. The fourth-order valence-corrected chi connectivity index (χ4v) is 2.65. The molecular formula is C23H33IN4O3. The van der Waals surface area contributed by atoms with E-state index in [4.69, 9.17) is 9.47 Å². The van der Waals surface area contributed by atoms with Gasteiger partial charge in [0.1, 0.15) is 18.1 Å². The number of aliphatic imine (C=N–C) groups is 1. The quantitative estimate of drug-likeness (QED) is 0.206. The summed E-state index contributed by atoms with van der Waals surface area (Å²) in [7, 11) is 3.35. The molecule has 0 heterocycles. The summed E-state index contributed by atoms with van der Waals surface area (Å²) >= 11 is 0. The third-order valence-corrected chi connectivity index (χ3v) is 4.08. The first kappa shape index (κ1) is 26.5. The molecule has 0 atom stereocenters. The van der Waals surface area contributed by atoms with Gasteiger partial charge in [0.05, 0.1) is 13.7 Å². The van der Waals surface area contributed by atoms with Gasteiger partial charge in [-0.15, -0.1) is 24.0 Å². The summed E-state index contributed by atoms with van der Waals surface area (Å²) in [6.45, 7) is 7.53. The predicted octanol–water partition coefficient (Wildman–Crippen LogP) is 3.59. The summed E-state index contributed by atoms with van der Waals surface area (Å²) in [5.41, 5.74) is 1.36. The van der Waals surface area contributed by atoms with E-state index in [0.717, 1.165) is 17.1 Å². The number of amides is 1. The first-order valence-electron chi connectivity index (χ1n) is 9.93. The second kappa shape index (κ2) is 13.0. The van der Waals surface area contributed by atoms with Crippen LogP contribution < -0.4 is 25.4 Å². The minimum atomic E-state index is -0.273. The third kappa shape index (κ3) is 9.91. The van der Waals surface area contributed by atoms with Crippen LogP contribution in [0.15, 0.2) is 53.5 Å². The maximum Gasteiger partial charge on any atom is 0.251 e. The zero-order valence-corrected chi connectivity index (χ0v) is 21.2. The van der Waals surface area contributed by atoms with Crippen LogP contribution in [0, 0.1) is 0 Å². The SMILES string of the molecule is CN=C(NCCOc1ccc(OC)cc1)NCc1cccc(C(=O)NC(C)(C)C)c1.I. The number of ether oxygens (including phenoxy) is 2. The van der Waals surface area contributed by atoms with Gasteiger partial charge in [-0.25, -0.2) is 0 Å². The highest BCUT2D eigenvalue weighted by Gasteiger charge is 2.15. The Morgan fingerprint density at radius 2 is 1.71 bits per heavy atom. The van der Waals surface area contributed by atoms with Gasteiger partial charge in [0.2, 0.25) is 0 Å². The van der Waals surface area contributed by atoms with E-state index in [1.54, 1.807) is 14.2 Å². The number of halogens is 1. The van der Waals surface area contributed by atoms with Gasteiger partial charge in [0, 0.05) is 24.7 Å². The molecule has 2 aromatic rings. The van der Waals surface area contributed by atoms with Gasteiger partial charge >= 0.3 is 0 Å². The number of rotatable bonds is 8. The van der Waals surface area contributed by atoms with Crippen molar-refractivity contribution in [2.45, 2.75) is 32.9 Å². The number of hydrogen-bond donors (Lipinski definition) is 3. The average molecular weight is 540 g/mol. The van der Waals surface area contributed by atoms with Crippen molar-refractivity contribution in [3.05, 3.63) is 59.7 Å². The first-order valence-corrected chi connectivity index (χ1v) is 9.93. The van der Waals surface area contributed by atoms with E-state index in [-0.39, 0.29) is 35.4 Å². The maximum absolute atomic E-state index is 12.3. The lowest BCUT2D eigenvalue weighted by Crippen LogP contribution is -2.40. The number of carbonyl (C=O) groups is 1. The lowest BCUT2D eigenvalue weighted by atomic mass is 10.1. The molecule has 7 nitrogen and oxygen atoms in total. The normalized spacial score (nSPS) is 11.2. The van der Waals surface area contributed by atoms with Crippen molar-refractivity contribution < 1.29 is 14.3 Å². The largest absolute Gasteiger partial charge is 0.497 e. The monoisotopic (exact) mass is 540 g/mol. The standard InChI is InChI=1S/C23H32N4O3.HI/c1-23(2,3)27-21(28)18-8-6-7-17(15-18)16-26-22(24-4)25-13-14-30-20-11-9-19(29-5)10-12-20;/h6-12,15H,13-14,16H2,1-5H3,(H,27,28)(H2,24,25,26);1H. The number of carbonyl (C=O) groups excluding carboxylic acids is 1. The van der Waals surface area contributed by atoms with E-state index >= 15 is 0 Å². The Bertz CT molecular complexity index is 849. The Hall–Kier alpha value is -2.49. The molecule has 3 N–H and O–H groups in total. The summed E-state index contributed by atoms with van der Waals surface area (Å²) in [5.74, 6) is 2.16. The van der Waals surface area contributed by atoms with Crippen LogP contribution in [-0.2, 0) is 6.54 Å². The number of hydrogen-bond acceptors (Lipinski definition) is 4. The topological polar surface area (TPSA) is 84.0 Å². The van der Waals surface area contributed by atoms with Gasteiger partial charge < -0.3 is 25.4 Å². The van der Waals surface area contributed by atoms with Gasteiger partial charge in [-0.1, -0.05) is 12.1 Å². The van der Waals surface area contributed by atoms with Gasteiger partial charge in [-0.3, -0.25) is 9.79 Å². The van der Waals surface area contributed by atoms with Crippen LogP contribution >= 0.6 is 24.0 Å². The molecule has 0 aromatic heterocycles. The molecule has 0 saturated carbocycles. The molecular weight excluding hydrogens is 507 g/mol. The summed E-state index contributed by atoms with van der Waals surface area (Å²) in [6.07, 6.45) is 0. The smallest absolute Gasteiger partial charge is 0.251 e. The molecule has 0 aliphatic heterocycles. The van der Waals surface area contributed by atoms with Crippen LogP contribution in [0.4, 0.5) is 0 Å². The minimum absolute atomic E-state index is 0. The summed E-state index contributed by atoms with van der Waals surface area (Å²) in [6, 6.07) is 15.0. The van der Waals surface area contributed by atoms with Crippen molar-refractivity contribution >= 4 is 35.8 Å². The zero-order valence-electron chi connectivity index (χ0n) is 18.8. The van der Waals surface area contributed by atoms with Crippen molar-refractivity contribution in [2.24, 2.45) is 4.99 Å². The lowest BCUT2D eigenvalue weighted by Gasteiger charge is -2.20. The third-order valence-electron chi connectivity index (χ3n) is 4.08. The highest BCUT2D eigenvalue weighted by atomic mass is 127. The molecule has 0 fully saturated rings. The van der Waals surface area contributed by atoms with Crippen molar-refractivity contribution in [3.8, 4) is 11.5 Å². The Morgan fingerprint density at radius 1 is 1.03 bits per heavy atom. The van der Waals surface area contributed by atoms with E-state index in [0.29, 0.717) is 31.2 Å². The molecule has 0 bridgehead atoms. The fraction of sp³-hybridized carbons (Fsp3) is 0.391. The average Bonchev–Trinajstić information content (AvgIpc) is 2.72. The van der Waals surface area contributed by atoms with E-state index < -0.39 is 0 Å². The van der Waals surface area contributed by atoms with Gasteiger partial charge in [0.15, 0.2) is 5.96 Å². The molecule has 1 amide bonds. The van der Waals surface area contributed by atoms with Gasteiger partial charge in [-0.05, 0) is 62.7 Å². The molecule has 2 aromatic carbocycles. The van der Waals surface area contributed by atoms with Gasteiger partial charge in [0.25, 0.3) is 5.91 Å². The molecule has 0 saturated heterocycles. The minimum Gasteiger partial charge on any atom is -0.497 e. The Labute approximate surface area is 202 Å². The molecule has 0 unspecified atom stereocenters. The van der Waals surface area contributed by atoms with Gasteiger partial charge in [-0.2, -0.15) is 0 Å². The van der Waals surface area contributed by atoms with Crippen molar-refractivity contribution in [1.82, 2.24) is 16.0 Å². The molecule has 2 rings (SSSR count). The van der Waals surface area contributed by atoms with E-state index in [1.165, 1.54) is 0 Å². The number of guanidine groups is 1.